The topological polar surface area (TPSA) is 86.7 Å². The molecule has 2 N–H and O–H groups in total. The van der Waals surface area contributed by atoms with Crippen LogP contribution in [0.5, 0.6) is 0 Å². The van der Waals surface area contributed by atoms with Crippen LogP contribution in [0.15, 0.2) is 12.1 Å². The highest BCUT2D eigenvalue weighted by molar-refractivity contribution is 5.71. The molecule has 0 aromatic carbocycles. The lowest BCUT2D eigenvalue weighted by Gasteiger charge is -2.01. The van der Waals surface area contributed by atoms with E-state index < -0.39 is 11.9 Å². The van der Waals surface area contributed by atoms with Gasteiger partial charge in [-0.25, -0.2) is 0 Å². The number of esters is 1. The minimum atomic E-state index is -0.490. The van der Waals surface area contributed by atoms with E-state index in [1.165, 1.54) is 0 Å². The van der Waals surface area contributed by atoms with Crippen molar-refractivity contribution in [1.82, 2.24) is 5.32 Å². The van der Waals surface area contributed by atoms with Crippen molar-refractivity contribution in [3.05, 3.63) is 17.1 Å². The zero-order valence-electron chi connectivity index (χ0n) is 6.65. The third kappa shape index (κ3) is 5.05. The van der Waals surface area contributed by atoms with Gasteiger partial charge in [0.2, 0.25) is 5.39 Å². The van der Waals surface area contributed by atoms with Crippen LogP contribution in [0.4, 0.5) is 0 Å². The summed E-state index contributed by atoms with van der Waals surface area (Å²) in [6.45, 7) is 1.80. The Bertz CT molecular complexity index is 219. The summed E-state index contributed by atoms with van der Waals surface area (Å²) in [6.07, 6.45) is 0.763. The zero-order chi connectivity index (χ0) is 9.40. The summed E-state index contributed by atoms with van der Waals surface area (Å²) in [7, 11) is 0. The molecular weight excluding hydrogens is 162 g/mol. The summed E-state index contributed by atoms with van der Waals surface area (Å²) in [5, 5.41) is 18.9. The average molecular weight is 172 g/mol. The number of carbonyl (C=O) groups is 1. The quantitative estimate of drug-likeness (QED) is 0.363. The Hall–Kier alpha value is -1.77. The molecule has 0 aromatic heterocycles. The van der Waals surface area contributed by atoms with Crippen LogP contribution in [0.1, 0.15) is 6.92 Å². The minimum absolute atomic E-state index is 0.161. The Kier molecular flexibility index (Phi) is 5.09. The van der Waals surface area contributed by atoms with Crippen molar-refractivity contribution in [2.45, 2.75) is 6.92 Å². The SMILES string of the molecule is CCOC(=O)CNC(O)=C[N+]#N. The fourth-order valence-electron chi connectivity index (χ4n) is 0.475. The van der Waals surface area contributed by atoms with Gasteiger partial charge in [0, 0.05) is 0 Å². The highest BCUT2D eigenvalue weighted by Crippen LogP contribution is 1.83. The van der Waals surface area contributed by atoms with Gasteiger partial charge in [-0.1, -0.05) is 0 Å². The summed E-state index contributed by atoms with van der Waals surface area (Å²) in [5.74, 6) is -0.888. The number of rotatable bonds is 4. The highest BCUT2D eigenvalue weighted by atomic mass is 16.5. The van der Waals surface area contributed by atoms with E-state index in [-0.39, 0.29) is 13.2 Å². The normalized spacial score (nSPS) is 10.2. The maximum atomic E-state index is 10.6. The molecule has 0 bridgehead atoms. The maximum Gasteiger partial charge on any atom is 0.409 e. The van der Waals surface area contributed by atoms with Gasteiger partial charge in [0.1, 0.15) is 6.54 Å². The van der Waals surface area contributed by atoms with Gasteiger partial charge >= 0.3 is 12.2 Å². The van der Waals surface area contributed by atoms with Crippen LogP contribution in [0.2, 0.25) is 0 Å². The smallest absolute Gasteiger partial charge is 0.409 e. The first-order valence-electron chi connectivity index (χ1n) is 3.33. The molecule has 0 spiro atoms. The van der Waals surface area contributed by atoms with Crippen molar-refractivity contribution in [3.63, 3.8) is 0 Å². The largest absolute Gasteiger partial charge is 0.490 e. The van der Waals surface area contributed by atoms with E-state index in [2.05, 4.69) is 15.0 Å². The monoisotopic (exact) mass is 172 g/mol. The Morgan fingerprint density at radius 3 is 3.00 bits per heavy atom. The van der Waals surface area contributed by atoms with E-state index in [0.29, 0.717) is 0 Å². The predicted octanol–water partition coefficient (Wildman–Crippen LogP) is 0.349. The Morgan fingerprint density at radius 2 is 2.50 bits per heavy atom. The molecule has 0 aromatic rings. The number of ether oxygens (including phenoxy) is 1. The molecule has 0 heterocycles. The number of carbonyl (C=O) groups excluding carboxylic acids is 1. The molecule has 0 saturated heterocycles. The Morgan fingerprint density at radius 1 is 1.83 bits per heavy atom. The van der Waals surface area contributed by atoms with E-state index in [0.717, 1.165) is 6.20 Å². The van der Waals surface area contributed by atoms with Gasteiger partial charge in [-0.3, -0.25) is 4.79 Å². The molecule has 0 fully saturated rings. The molecule has 0 unspecified atom stereocenters. The van der Waals surface area contributed by atoms with Crippen LogP contribution in [0, 0.1) is 5.39 Å². The second-order valence-electron chi connectivity index (χ2n) is 1.79. The Labute approximate surface area is 69.5 Å². The van der Waals surface area contributed by atoms with Crippen LogP contribution in [0.3, 0.4) is 0 Å². The molecule has 0 atom stereocenters. The summed E-state index contributed by atoms with van der Waals surface area (Å²) in [6, 6.07) is 0. The molecule has 6 nitrogen and oxygen atoms in total. The van der Waals surface area contributed by atoms with Crippen LogP contribution < -0.4 is 5.32 Å². The first-order chi connectivity index (χ1) is 5.70. The van der Waals surface area contributed by atoms with Gasteiger partial charge < -0.3 is 15.2 Å². The van der Waals surface area contributed by atoms with Gasteiger partial charge in [-0.15, -0.1) is 0 Å². The number of nitrogens with one attached hydrogen (secondary N) is 1. The van der Waals surface area contributed by atoms with Gasteiger partial charge in [0.05, 0.1) is 6.61 Å². The molecule has 66 valence electrons. The van der Waals surface area contributed by atoms with E-state index in [1.807, 2.05) is 0 Å². The zero-order valence-corrected chi connectivity index (χ0v) is 6.65. The van der Waals surface area contributed by atoms with Crippen LogP contribution in [0.25, 0.3) is 4.98 Å². The fourth-order valence-corrected chi connectivity index (χ4v) is 0.475. The molecule has 0 aliphatic heterocycles. The van der Waals surface area contributed by atoms with E-state index in [4.69, 9.17) is 10.5 Å². The predicted molar refractivity (Wildman–Crippen MR) is 40.4 cm³/mol. The molecule has 0 saturated carbocycles. The number of diazo groups is 1. The second kappa shape index (κ2) is 5.97. The molecule has 0 aliphatic carbocycles. The van der Waals surface area contributed by atoms with Gasteiger partial charge in [0.25, 0.3) is 5.88 Å². The molecule has 12 heavy (non-hydrogen) atoms. The van der Waals surface area contributed by atoms with Gasteiger partial charge in [0.15, 0.2) is 4.98 Å². The Balaban J connectivity index is 3.63. The summed E-state index contributed by atoms with van der Waals surface area (Å²) in [5.41, 5.74) is 0. The number of hydrogen-bond donors (Lipinski definition) is 2. The van der Waals surface area contributed by atoms with E-state index in [9.17, 15) is 4.79 Å². The summed E-state index contributed by atoms with van der Waals surface area (Å²) in [4.78, 5) is 13.2. The lowest BCUT2D eigenvalue weighted by molar-refractivity contribution is -0.142. The van der Waals surface area contributed by atoms with Crippen LogP contribution in [-0.4, -0.2) is 24.2 Å². The van der Waals surface area contributed by atoms with Crippen molar-refractivity contribution in [2.75, 3.05) is 13.2 Å². The molecule has 0 rings (SSSR count). The van der Waals surface area contributed by atoms with E-state index >= 15 is 0 Å². The van der Waals surface area contributed by atoms with Crippen molar-refractivity contribution < 1.29 is 14.6 Å². The molecule has 0 radical (unpaired) electrons. The first kappa shape index (κ1) is 10.2. The highest BCUT2D eigenvalue weighted by Gasteiger charge is 2.03. The van der Waals surface area contributed by atoms with Crippen molar-refractivity contribution in [3.8, 4) is 0 Å². The summed E-state index contributed by atoms with van der Waals surface area (Å²) < 4.78 is 4.54. The number of nitrogens with zero attached hydrogens (tertiary/aromatic N) is 2. The number of hydrogen-bond acceptors (Lipinski definition) is 5. The third-order valence-corrected chi connectivity index (χ3v) is 0.899. The second-order valence-corrected chi connectivity index (χ2v) is 1.79. The summed E-state index contributed by atoms with van der Waals surface area (Å²) >= 11 is 0. The standard InChI is InChI=1S/C6H9N3O3/c1-2-12-6(11)4-8-5(10)3-9-7/h3,8H,2,4H2,1H3/p+1. The molecule has 0 amide bonds. The molecular formula is C6H10N3O3+. The van der Waals surface area contributed by atoms with Gasteiger partial charge in [-0.2, -0.15) is 0 Å². The number of aliphatic hydroxyl groups is 1. The molecule has 0 aliphatic rings. The van der Waals surface area contributed by atoms with Crippen molar-refractivity contribution >= 4 is 5.97 Å². The first-order valence-corrected chi connectivity index (χ1v) is 3.33. The fraction of sp³-hybridized carbons (Fsp3) is 0.500. The lowest BCUT2D eigenvalue weighted by Crippen LogP contribution is -2.23. The number of aliphatic hydroxyl groups excluding tert-OH is 1. The van der Waals surface area contributed by atoms with E-state index in [1.54, 1.807) is 6.92 Å². The van der Waals surface area contributed by atoms with Crippen LogP contribution >= 0.6 is 0 Å². The van der Waals surface area contributed by atoms with Crippen molar-refractivity contribution in [1.29, 1.82) is 5.39 Å². The average Bonchev–Trinajstić information content (AvgIpc) is 2.02. The third-order valence-electron chi connectivity index (χ3n) is 0.899. The van der Waals surface area contributed by atoms with Crippen molar-refractivity contribution in [2.24, 2.45) is 0 Å². The van der Waals surface area contributed by atoms with Crippen LogP contribution in [-0.2, 0) is 9.53 Å². The lowest BCUT2D eigenvalue weighted by atomic mass is 10.6. The molecule has 6 heteroatoms. The maximum absolute atomic E-state index is 10.6. The minimum Gasteiger partial charge on any atom is -0.490 e. The van der Waals surface area contributed by atoms with Gasteiger partial charge in [-0.05, 0) is 6.92 Å².